The van der Waals surface area contributed by atoms with Crippen molar-refractivity contribution in [1.82, 2.24) is 9.97 Å². The number of hydrogen-bond donors (Lipinski definition) is 1. The summed E-state index contributed by atoms with van der Waals surface area (Å²) in [5.74, 6) is 1.53. The molecule has 0 saturated heterocycles. The first-order valence-electron chi connectivity index (χ1n) is 11.7. The Bertz CT molecular complexity index is 946. The second-order valence-electron chi connectivity index (χ2n) is 8.23. The molecule has 169 valence electrons. The first-order chi connectivity index (χ1) is 15.6. The molecule has 0 fully saturated rings. The van der Waals surface area contributed by atoms with Crippen molar-refractivity contribution in [3.8, 4) is 5.75 Å². The number of nitrogens with one attached hydrogen (secondary N) is 1. The highest BCUT2D eigenvalue weighted by molar-refractivity contribution is 6.54. The second-order valence-corrected chi connectivity index (χ2v) is 8.23. The molecular weight excluding hydrogens is 391 g/mol. The van der Waals surface area contributed by atoms with Gasteiger partial charge in [-0.2, -0.15) is 0 Å². The smallest absolute Gasteiger partial charge is 0.152 e. The number of allylic oxidation sites excluding steroid dienone is 2. The Kier molecular flexibility index (Phi) is 11.4. The van der Waals surface area contributed by atoms with E-state index in [2.05, 4.69) is 93.5 Å². The number of ether oxygens (including phenoxy) is 1. The molecule has 0 saturated carbocycles. The quantitative estimate of drug-likeness (QED) is 0.229. The average molecular weight is 429 g/mol. The van der Waals surface area contributed by atoms with Gasteiger partial charge in [0.1, 0.15) is 5.75 Å². The molecule has 0 aliphatic rings. The molecule has 0 spiro atoms. The van der Waals surface area contributed by atoms with E-state index < -0.39 is 0 Å². The monoisotopic (exact) mass is 429 g/mol. The zero-order valence-electron chi connectivity index (χ0n) is 20.4. The number of hydrogen-bond acceptors (Lipinski definition) is 2. The number of para-hydroxylation sites is 1. The first kappa shape index (κ1) is 25.5. The maximum atomic E-state index is 5.37. The third-order valence-corrected chi connectivity index (χ3v) is 5.48. The van der Waals surface area contributed by atoms with Crippen molar-refractivity contribution in [1.29, 1.82) is 0 Å². The predicted octanol–water partition coefficient (Wildman–Crippen LogP) is 6.43. The highest BCUT2D eigenvalue weighted by Gasteiger charge is 2.06. The molecule has 3 nitrogen and oxygen atoms in total. The third-order valence-electron chi connectivity index (χ3n) is 5.48. The van der Waals surface area contributed by atoms with Crippen LogP contribution in [0.3, 0.4) is 0 Å². The van der Waals surface area contributed by atoms with E-state index in [1.54, 1.807) is 13.4 Å². The number of rotatable bonds is 10. The van der Waals surface area contributed by atoms with Crippen molar-refractivity contribution in [2.24, 2.45) is 0 Å². The summed E-state index contributed by atoms with van der Waals surface area (Å²) in [4.78, 5) is 7.36. The Morgan fingerprint density at radius 3 is 2.44 bits per heavy atom. The van der Waals surface area contributed by atoms with Gasteiger partial charge >= 0.3 is 0 Å². The van der Waals surface area contributed by atoms with Gasteiger partial charge in [-0.05, 0) is 50.2 Å². The molecule has 32 heavy (non-hydrogen) atoms. The zero-order chi connectivity index (χ0) is 23.2. The fourth-order valence-electron chi connectivity index (χ4n) is 3.65. The minimum Gasteiger partial charge on any atom is -0.496 e. The summed E-state index contributed by atoms with van der Waals surface area (Å²) in [6.07, 6.45) is 11.7. The average Bonchev–Trinajstić information content (AvgIpc) is 3.30. The fourth-order valence-corrected chi connectivity index (χ4v) is 3.65. The van der Waals surface area contributed by atoms with Crippen LogP contribution in [0.5, 0.6) is 5.75 Å². The van der Waals surface area contributed by atoms with E-state index >= 15 is 0 Å². The Hall–Kier alpha value is -2.75. The molecular formula is C28H38BN2O. The SMILES string of the molecule is CCc1[nH]cnc1C(C)C.COc1ccccc1CCC=CCC[B]c1ccccc1C. The van der Waals surface area contributed by atoms with Gasteiger partial charge in [0.2, 0.25) is 0 Å². The molecule has 0 unspecified atom stereocenters. The second kappa shape index (κ2) is 14.3. The van der Waals surface area contributed by atoms with E-state index in [4.69, 9.17) is 4.74 Å². The van der Waals surface area contributed by atoms with Gasteiger partial charge in [-0.1, -0.05) is 92.7 Å². The highest BCUT2D eigenvalue weighted by atomic mass is 16.5. The highest BCUT2D eigenvalue weighted by Crippen LogP contribution is 2.19. The lowest BCUT2D eigenvalue weighted by Gasteiger charge is -2.06. The van der Waals surface area contributed by atoms with Crippen LogP contribution in [0.25, 0.3) is 0 Å². The van der Waals surface area contributed by atoms with Gasteiger partial charge in [0.15, 0.2) is 7.28 Å². The van der Waals surface area contributed by atoms with Gasteiger partial charge in [0.05, 0.1) is 19.1 Å². The summed E-state index contributed by atoms with van der Waals surface area (Å²) in [6, 6.07) is 16.8. The number of imidazole rings is 1. The molecule has 3 rings (SSSR count). The molecule has 0 atom stereocenters. The van der Waals surface area contributed by atoms with Gasteiger partial charge < -0.3 is 9.72 Å². The molecule has 4 heteroatoms. The van der Waals surface area contributed by atoms with E-state index in [0.717, 1.165) is 37.8 Å². The Balaban J connectivity index is 0.000000303. The van der Waals surface area contributed by atoms with Crippen LogP contribution in [0.15, 0.2) is 67.0 Å². The van der Waals surface area contributed by atoms with Gasteiger partial charge in [-0.3, -0.25) is 0 Å². The van der Waals surface area contributed by atoms with E-state index in [1.807, 2.05) is 12.1 Å². The molecule has 1 N–H and O–H groups in total. The van der Waals surface area contributed by atoms with Crippen molar-refractivity contribution in [3.63, 3.8) is 0 Å². The van der Waals surface area contributed by atoms with Gasteiger partial charge in [-0.25, -0.2) is 4.98 Å². The van der Waals surface area contributed by atoms with Crippen LogP contribution < -0.4 is 10.2 Å². The van der Waals surface area contributed by atoms with E-state index in [0.29, 0.717) is 5.92 Å². The normalized spacial score (nSPS) is 10.8. The van der Waals surface area contributed by atoms with Crippen LogP contribution in [0.2, 0.25) is 6.32 Å². The Labute approximate surface area is 195 Å². The number of aryl methyl sites for hydroxylation is 3. The summed E-state index contributed by atoms with van der Waals surface area (Å²) in [5, 5.41) is 0. The standard InChI is InChI=1S/C20H24BO.C8H14N2/c1-17-11-6-8-14-19(17)21-16-10-4-3-5-12-18-13-7-9-15-20(18)22-2;1-4-7-8(6(2)3)10-5-9-7/h3-4,6-9,11,13-15H,5,10,12,16H2,1-2H3;5-6H,4H2,1-3H3,(H,9,10). The summed E-state index contributed by atoms with van der Waals surface area (Å²) in [5.41, 5.74) is 6.46. The molecule has 0 aliphatic heterocycles. The summed E-state index contributed by atoms with van der Waals surface area (Å²) in [7, 11) is 4.05. The van der Waals surface area contributed by atoms with E-state index in [9.17, 15) is 0 Å². The van der Waals surface area contributed by atoms with Gasteiger partial charge in [0.25, 0.3) is 0 Å². The lowest BCUT2D eigenvalue weighted by Crippen LogP contribution is -2.16. The number of methoxy groups -OCH3 is 1. The number of H-pyrrole nitrogens is 1. The third kappa shape index (κ3) is 8.41. The molecule has 1 radical (unpaired) electrons. The number of aromatic nitrogens is 2. The predicted molar refractivity (Wildman–Crippen MR) is 139 cm³/mol. The van der Waals surface area contributed by atoms with E-state index in [1.165, 1.54) is 28.0 Å². The topological polar surface area (TPSA) is 37.9 Å². The lowest BCUT2D eigenvalue weighted by atomic mass is 9.65. The number of aromatic amines is 1. The summed E-state index contributed by atoms with van der Waals surface area (Å²) < 4.78 is 5.37. The molecule has 1 aromatic heterocycles. The van der Waals surface area contributed by atoms with Crippen molar-refractivity contribution >= 4 is 12.7 Å². The zero-order valence-corrected chi connectivity index (χ0v) is 20.4. The molecule has 2 aromatic carbocycles. The van der Waals surface area contributed by atoms with Crippen LogP contribution in [0, 0.1) is 6.92 Å². The van der Waals surface area contributed by atoms with Crippen LogP contribution in [0.4, 0.5) is 0 Å². The summed E-state index contributed by atoms with van der Waals surface area (Å²) >= 11 is 0. The minimum absolute atomic E-state index is 0.543. The van der Waals surface area contributed by atoms with Crippen LogP contribution in [-0.4, -0.2) is 24.4 Å². The molecule has 3 aromatic rings. The lowest BCUT2D eigenvalue weighted by molar-refractivity contribution is 0.409. The van der Waals surface area contributed by atoms with Gasteiger partial charge in [-0.15, -0.1) is 0 Å². The van der Waals surface area contributed by atoms with Gasteiger partial charge in [0, 0.05) is 5.69 Å². The summed E-state index contributed by atoms with van der Waals surface area (Å²) in [6.45, 7) is 8.62. The van der Waals surface area contributed by atoms with Crippen LogP contribution in [0.1, 0.15) is 62.0 Å². The largest absolute Gasteiger partial charge is 0.496 e. The molecule has 0 aliphatic carbocycles. The molecule has 0 bridgehead atoms. The van der Waals surface area contributed by atoms with Crippen molar-refractivity contribution in [3.05, 3.63) is 89.5 Å². The van der Waals surface area contributed by atoms with Crippen molar-refractivity contribution < 1.29 is 4.74 Å². The van der Waals surface area contributed by atoms with Crippen LogP contribution >= 0.6 is 0 Å². The Morgan fingerprint density at radius 1 is 1.03 bits per heavy atom. The number of nitrogens with zero attached hydrogens (tertiary/aromatic N) is 1. The van der Waals surface area contributed by atoms with E-state index in [-0.39, 0.29) is 0 Å². The molecule has 0 amide bonds. The van der Waals surface area contributed by atoms with Crippen molar-refractivity contribution in [2.75, 3.05) is 7.11 Å². The first-order valence-corrected chi connectivity index (χ1v) is 11.7. The maximum Gasteiger partial charge on any atom is 0.152 e. The van der Waals surface area contributed by atoms with Crippen molar-refractivity contribution in [2.45, 2.75) is 65.6 Å². The Morgan fingerprint density at radius 2 is 1.75 bits per heavy atom. The molecule has 1 heterocycles. The van der Waals surface area contributed by atoms with Crippen LogP contribution in [-0.2, 0) is 12.8 Å². The fraction of sp³-hybridized carbons (Fsp3) is 0.393. The maximum absolute atomic E-state index is 5.37. The number of benzene rings is 2. The minimum atomic E-state index is 0.543.